The molecule has 1 heteroatoms. The molecule has 0 saturated carbocycles. The lowest BCUT2D eigenvalue weighted by molar-refractivity contribution is 0.585. The summed E-state index contributed by atoms with van der Waals surface area (Å²) in [5.41, 5.74) is 5.67. The van der Waals surface area contributed by atoms with Crippen molar-refractivity contribution in [1.82, 2.24) is 0 Å². The van der Waals surface area contributed by atoms with Crippen LogP contribution in [0.25, 0.3) is 0 Å². The Morgan fingerprint density at radius 2 is 1.67 bits per heavy atom. The van der Waals surface area contributed by atoms with Gasteiger partial charge < -0.3 is 5.32 Å². The summed E-state index contributed by atoms with van der Waals surface area (Å²) in [6.07, 6.45) is 0. The summed E-state index contributed by atoms with van der Waals surface area (Å²) < 4.78 is 0. The van der Waals surface area contributed by atoms with Gasteiger partial charge in [0, 0.05) is 12.2 Å². The van der Waals surface area contributed by atoms with E-state index < -0.39 is 0 Å². The fourth-order valence-corrected chi connectivity index (χ4v) is 2.01. The van der Waals surface area contributed by atoms with E-state index in [1.807, 2.05) is 0 Å². The van der Waals surface area contributed by atoms with Gasteiger partial charge in [0.2, 0.25) is 0 Å². The molecule has 1 N–H and O–H groups in total. The highest BCUT2D eigenvalue weighted by Crippen LogP contribution is 2.29. The first-order valence-electron chi connectivity index (χ1n) is 5.72. The molecular weight excluding hydrogens is 182 g/mol. The van der Waals surface area contributed by atoms with E-state index >= 15 is 0 Å². The van der Waals surface area contributed by atoms with Crippen LogP contribution in [-0.4, -0.2) is 6.54 Å². The maximum atomic E-state index is 3.40. The van der Waals surface area contributed by atoms with Gasteiger partial charge in [-0.15, -0.1) is 0 Å². The lowest BCUT2D eigenvalue weighted by atomic mass is 9.83. The topological polar surface area (TPSA) is 12.0 Å². The van der Waals surface area contributed by atoms with Crippen molar-refractivity contribution in [1.29, 1.82) is 0 Å². The molecule has 0 spiro atoms. The molecule has 0 fully saturated rings. The van der Waals surface area contributed by atoms with Crippen LogP contribution >= 0.6 is 0 Å². The molecule has 1 aromatic rings. The van der Waals surface area contributed by atoms with Crippen molar-refractivity contribution >= 4 is 5.69 Å². The van der Waals surface area contributed by atoms with Gasteiger partial charge in [-0.1, -0.05) is 26.8 Å². The minimum atomic E-state index is 0.236. The molecule has 1 aromatic carbocycles. The number of hydrogen-bond acceptors (Lipinski definition) is 1. The van der Waals surface area contributed by atoms with E-state index in [-0.39, 0.29) is 5.41 Å². The Kier molecular flexibility index (Phi) is 3.43. The Labute approximate surface area is 93.9 Å². The van der Waals surface area contributed by atoms with Gasteiger partial charge in [-0.2, -0.15) is 0 Å². The molecule has 0 aliphatic heterocycles. The largest absolute Gasteiger partial charge is 0.385 e. The Bertz CT molecular complexity index is 345. The van der Waals surface area contributed by atoms with Crippen molar-refractivity contribution in [2.75, 3.05) is 11.9 Å². The van der Waals surface area contributed by atoms with Crippen LogP contribution in [0.2, 0.25) is 0 Å². The summed E-state index contributed by atoms with van der Waals surface area (Å²) in [7, 11) is 0. The monoisotopic (exact) mass is 205 g/mol. The summed E-state index contributed by atoms with van der Waals surface area (Å²) >= 11 is 0. The number of nitrogens with one attached hydrogen (secondary N) is 1. The molecular formula is C14H23N. The number of rotatable bonds is 2. The number of hydrogen-bond donors (Lipinski definition) is 1. The van der Waals surface area contributed by atoms with Gasteiger partial charge >= 0.3 is 0 Å². The number of benzene rings is 1. The predicted octanol–water partition coefficient (Wildman–Crippen LogP) is 4.03. The van der Waals surface area contributed by atoms with Crippen LogP contribution in [0.3, 0.4) is 0 Å². The van der Waals surface area contributed by atoms with Gasteiger partial charge in [0.1, 0.15) is 0 Å². The van der Waals surface area contributed by atoms with Crippen LogP contribution < -0.4 is 5.32 Å². The molecule has 0 bridgehead atoms. The van der Waals surface area contributed by atoms with Crippen molar-refractivity contribution in [3.8, 4) is 0 Å². The Morgan fingerprint density at radius 1 is 1.07 bits per heavy atom. The van der Waals surface area contributed by atoms with Gasteiger partial charge in [-0.05, 0) is 48.9 Å². The lowest BCUT2D eigenvalue weighted by Crippen LogP contribution is -2.14. The minimum absolute atomic E-state index is 0.236. The molecule has 0 aliphatic rings. The molecule has 0 unspecified atom stereocenters. The molecule has 0 radical (unpaired) electrons. The molecule has 0 aromatic heterocycles. The zero-order chi connectivity index (χ0) is 11.6. The van der Waals surface area contributed by atoms with Crippen molar-refractivity contribution in [3.63, 3.8) is 0 Å². The second kappa shape index (κ2) is 4.26. The van der Waals surface area contributed by atoms with E-state index in [0.717, 1.165) is 6.54 Å². The molecule has 0 amide bonds. The Balaban J connectivity index is 3.20. The molecule has 0 heterocycles. The number of anilines is 1. The predicted molar refractivity (Wildman–Crippen MR) is 68.8 cm³/mol. The lowest BCUT2D eigenvalue weighted by Gasteiger charge is -2.23. The van der Waals surface area contributed by atoms with Gasteiger partial charge in [-0.3, -0.25) is 0 Å². The second-order valence-electron chi connectivity index (χ2n) is 5.26. The third kappa shape index (κ3) is 2.74. The summed E-state index contributed by atoms with van der Waals surface area (Å²) in [5, 5.41) is 3.40. The zero-order valence-corrected chi connectivity index (χ0v) is 10.9. The second-order valence-corrected chi connectivity index (χ2v) is 5.26. The van der Waals surface area contributed by atoms with E-state index in [0.29, 0.717) is 0 Å². The van der Waals surface area contributed by atoms with E-state index in [1.54, 1.807) is 0 Å². The first-order valence-corrected chi connectivity index (χ1v) is 5.72. The van der Waals surface area contributed by atoms with Gasteiger partial charge in [0.15, 0.2) is 0 Å². The molecule has 0 aliphatic carbocycles. The van der Waals surface area contributed by atoms with Crippen LogP contribution in [0.1, 0.15) is 44.4 Å². The number of aryl methyl sites for hydroxylation is 2. The van der Waals surface area contributed by atoms with Gasteiger partial charge in [0.25, 0.3) is 0 Å². The maximum Gasteiger partial charge on any atom is 0.0372 e. The van der Waals surface area contributed by atoms with Crippen molar-refractivity contribution < 1.29 is 0 Å². The van der Waals surface area contributed by atoms with Crippen LogP contribution in [0.15, 0.2) is 12.1 Å². The normalized spacial score (nSPS) is 11.6. The van der Waals surface area contributed by atoms with E-state index in [4.69, 9.17) is 0 Å². The first kappa shape index (κ1) is 12.1. The molecule has 1 rings (SSSR count). The summed E-state index contributed by atoms with van der Waals surface area (Å²) in [6.45, 7) is 14.3. The summed E-state index contributed by atoms with van der Waals surface area (Å²) in [4.78, 5) is 0. The molecule has 1 nitrogen and oxygen atoms in total. The fraction of sp³-hybridized carbons (Fsp3) is 0.571. The smallest absolute Gasteiger partial charge is 0.0372 e. The summed E-state index contributed by atoms with van der Waals surface area (Å²) in [5.74, 6) is 0. The third-order valence-electron chi connectivity index (χ3n) is 2.75. The molecule has 0 atom stereocenters. The minimum Gasteiger partial charge on any atom is -0.385 e. The average molecular weight is 205 g/mol. The Morgan fingerprint density at radius 3 is 2.13 bits per heavy atom. The highest BCUT2D eigenvalue weighted by Gasteiger charge is 2.17. The highest BCUT2D eigenvalue weighted by molar-refractivity contribution is 5.56. The first-order chi connectivity index (χ1) is 6.86. The Hall–Kier alpha value is -0.980. The SMILES string of the molecule is CCNc1cc(C)c(C(C)(C)C)cc1C. The van der Waals surface area contributed by atoms with Gasteiger partial charge in [-0.25, -0.2) is 0 Å². The maximum absolute atomic E-state index is 3.40. The highest BCUT2D eigenvalue weighted by atomic mass is 14.9. The quantitative estimate of drug-likeness (QED) is 0.768. The average Bonchev–Trinajstić information content (AvgIpc) is 2.09. The van der Waals surface area contributed by atoms with Crippen LogP contribution in [0.5, 0.6) is 0 Å². The van der Waals surface area contributed by atoms with E-state index in [1.165, 1.54) is 22.4 Å². The molecule has 84 valence electrons. The van der Waals surface area contributed by atoms with Crippen LogP contribution in [0.4, 0.5) is 5.69 Å². The molecule has 15 heavy (non-hydrogen) atoms. The fourth-order valence-electron chi connectivity index (χ4n) is 2.01. The van der Waals surface area contributed by atoms with Crippen LogP contribution in [0, 0.1) is 13.8 Å². The van der Waals surface area contributed by atoms with Gasteiger partial charge in [0.05, 0.1) is 0 Å². The van der Waals surface area contributed by atoms with Crippen molar-refractivity contribution in [2.45, 2.75) is 47.0 Å². The van der Waals surface area contributed by atoms with Crippen LogP contribution in [-0.2, 0) is 5.41 Å². The summed E-state index contributed by atoms with van der Waals surface area (Å²) in [6, 6.07) is 4.58. The van der Waals surface area contributed by atoms with E-state index in [2.05, 4.69) is 59.0 Å². The zero-order valence-electron chi connectivity index (χ0n) is 10.9. The standard InChI is InChI=1S/C14H23N/c1-7-15-13-9-10(2)12(8-11(13)3)14(4,5)6/h8-9,15H,7H2,1-6H3. The van der Waals surface area contributed by atoms with E-state index in [9.17, 15) is 0 Å². The van der Waals surface area contributed by atoms with Crippen molar-refractivity contribution in [2.24, 2.45) is 0 Å². The van der Waals surface area contributed by atoms with Crippen molar-refractivity contribution in [3.05, 3.63) is 28.8 Å². The molecule has 0 saturated heterocycles. The third-order valence-corrected chi connectivity index (χ3v) is 2.75.